The number of allylic oxidation sites excluding steroid dienone is 1. The molecular weight excluding hydrogens is 1440 g/mol. The van der Waals surface area contributed by atoms with Crippen LogP contribution in [-0.4, -0.2) is 208 Å². The van der Waals surface area contributed by atoms with Crippen LogP contribution in [0.3, 0.4) is 0 Å². The van der Waals surface area contributed by atoms with Crippen LogP contribution in [0.4, 0.5) is 47.9 Å². The minimum absolute atomic E-state index is 0.216. The highest BCUT2D eigenvalue weighted by Gasteiger charge is 2.63. The molecule has 0 radical (unpaired) electrons. The van der Waals surface area contributed by atoms with E-state index in [2.05, 4.69) is 26.6 Å². The summed E-state index contributed by atoms with van der Waals surface area (Å²) in [7, 11) is 4.64. The van der Waals surface area contributed by atoms with Crippen LogP contribution in [0, 0.1) is 5.92 Å². The molecule has 9 rings (SSSR count). The zero-order valence-electron chi connectivity index (χ0n) is 59.3. The third-order valence-electron chi connectivity index (χ3n) is 17.1. The molecule has 4 aliphatic rings. The number of hydrogen-bond acceptors (Lipinski definition) is 31. The third-order valence-corrected chi connectivity index (χ3v) is 17.1. The first-order valence-electron chi connectivity index (χ1n) is 33.8. The second-order valence-corrected chi connectivity index (χ2v) is 24.2. The minimum Gasteiger partial charge on any atom is -0.460 e. The summed E-state index contributed by atoms with van der Waals surface area (Å²) in [6.45, 7) is -3.28. The van der Waals surface area contributed by atoms with Crippen molar-refractivity contribution >= 4 is 67.5 Å². The highest BCUT2D eigenvalue weighted by atomic mass is 16.8. The van der Waals surface area contributed by atoms with Crippen LogP contribution in [0.15, 0.2) is 163 Å². The molecule has 3 aliphatic heterocycles. The van der Waals surface area contributed by atoms with Gasteiger partial charge in [-0.3, -0.25) is 4.79 Å². The number of carbonyl (C=O) groups excluding carboxylic acids is 11. The summed E-state index contributed by atoms with van der Waals surface area (Å²) in [5, 5.41) is 13.2. The highest BCUT2D eigenvalue weighted by molar-refractivity contribution is 5.72. The molecule has 1 saturated carbocycles. The van der Waals surface area contributed by atoms with E-state index >= 15 is 0 Å². The number of alkyl carbamates (subject to hydrolysis) is 5. The first kappa shape index (κ1) is 80.9. The van der Waals surface area contributed by atoms with Crippen LogP contribution >= 0.6 is 0 Å². The van der Waals surface area contributed by atoms with Gasteiger partial charge in [0.05, 0.1) is 78.3 Å². The number of benzene rings is 5. The largest absolute Gasteiger partial charge is 0.508 e. The number of amides is 5. The van der Waals surface area contributed by atoms with Crippen LogP contribution in [0.2, 0.25) is 0 Å². The quantitative estimate of drug-likeness (QED) is 0.0183. The van der Waals surface area contributed by atoms with Crippen molar-refractivity contribution in [2.24, 2.45) is 5.92 Å². The smallest absolute Gasteiger partial charge is 0.460 e. The molecule has 5 N–H and O–H groups in total. The van der Waals surface area contributed by atoms with Gasteiger partial charge in [0.2, 0.25) is 6.29 Å². The zero-order chi connectivity index (χ0) is 77.6. The molecule has 16 atom stereocenters. The van der Waals surface area contributed by atoms with E-state index in [0.29, 0.717) is 34.1 Å². The van der Waals surface area contributed by atoms with Gasteiger partial charge in [0.25, 0.3) is 0 Å². The van der Waals surface area contributed by atoms with Gasteiger partial charge in [0.15, 0.2) is 42.8 Å². The van der Waals surface area contributed by atoms with Gasteiger partial charge < -0.3 is 121 Å². The number of methoxy groups -OCH3 is 5. The van der Waals surface area contributed by atoms with Gasteiger partial charge in [-0.15, -0.1) is 0 Å². The zero-order valence-corrected chi connectivity index (χ0v) is 59.3. The fraction of sp³-hybridized carbons (Fsp3) is 0.411. The topological polar surface area (TPSA) is 433 Å². The fourth-order valence-corrected chi connectivity index (χ4v) is 12.1. The van der Waals surface area contributed by atoms with E-state index in [1.165, 1.54) is 6.08 Å². The Hall–Kier alpha value is -12.2. The van der Waals surface area contributed by atoms with E-state index in [-0.39, 0.29) is 38.6 Å². The summed E-state index contributed by atoms with van der Waals surface area (Å²) in [6.07, 6.45) is -34.2. The predicted molar refractivity (Wildman–Crippen MR) is 365 cm³/mol. The van der Waals surface area contributed by atoms with Crippen LogP contribution in [0.25, 0.3) is 0 Å². The van der Waals surface area contributed by atoms with Gasteiger partial charge in [-0.2, -0.15) is 0 Å². The summed E-state index contributed by atoms with van der Waals surface area (Å²) >= 11 is 0. The van der Waals surface area contributed by atoms with Gasteiger partial charge >= 0.3 is 61.2 Å². The molecule has 0 bridgehead atoms. The summed E-state index contributed by atoms with van der Waals surface area (Å²) in [6, 6.07) is 35.6. The monoisotopic (exact) mass is 1520 g/mol. The molecule has 36 heteroatoms. The first-order valence-corrected chi connectivity index (χ1v) is 33.8. The van der Waals surface area contributed by atoms with Gasteiger partial charge in [-0.1, -0.05) is 152 Å². The van der Waals surface area contributed by atoms with E-state index in [0.717, 1.165) is 35.5 Å². The molecule has 1 aliphatic carbocycles. The van der Waals surface area contributed by atoms with Crippen molar-refractivity contribution in [1.29, 1.82) is 0 Å². The van der Waals surface area contributed by atoms with Crippen molar-refractivity contribution in [2.45, 2.75) is 138 Å². The van der Waals surface area contributed by atoms with E-state index in [1.54, 1.807) is 152 Å². The predicted octanol–water partition coefficient (Wildman–Crippen LogP) is 7.59. The van der Waals surface area contributed by atoms with Gasteiger partial charge in [-0.05, 0) is 46.7 Å². The molecule has 0 unspecified atom stereocenters. The molecular formula is C73H81N5O31. The normalized spacial score (nSPS) is 24.5. The average molecular weight is 1520 g/mol. The third kappa shape index (κ3) is 23.9. The van der Waals surface area contributed by atoms with Crippen LogP contribution in [-0.2, 0) is 133 Å². The first-order chi connectivity index (χ1) is 52.8. The lowest BCUT2D eigenvalue weighted by atomic mass is 9.81. The van der Waals surface area contributed by atoms with E-state index < -0.39 is 185 Å². The number of hydrogen-bond donors (Lipinski definition) is 5. The van der Waals surface area contributed by atoms with Crippen LogP contribution in [0.5, 0.6) is 0 Å². The Morgan fingerprint density at radius 3 is 1.22 bits per heavy atom. The van der Waals surface area contributed by atoms with Gasteiger partial charge in [0, 0.05) is 0 Å². The Kier molecular flexibility index (Phi) is 30.5. The lowest BCUT2D eigenvalue weighted by molar-refractivity contribution is -0.276. The van der Waals surface area contributed by atoms with E-state index in [1.807, 2.05) is 0 Å². The summed E-state index contributed by atoms with van der Waals surface area (Å²) in [5.41, 5.74) is 2.68. The molecule has 5 aromatic rings. The van der Waals surface area contributed by atoms with Gasteiger partial charge in [-0.25, -0.2) is 47.9 Å². The number of aldehydes is 1. The Balaban J connectivity index is 1.20. The lowest BCUT2D eigenvalue weighted by Gasteiger charge is -2.48. The molecule has 3 fully saturated rings. The van der Waals surface area contributed by atoms with Crippen LogP contribution < -0.4 is 26.6 Å². The van der Waals surface area contributed by atoms with E-state index in [9.17, 15) is 52.7 Å². The number of rotatable bonds is 28. The second-order valence-electron chi connectivity index (χ2n) is 24.2. The summed E-state index contributed by atoms with van der Waals surface area (Å²) in [5.74, 6) is -2.23. The number of carbonyl (C=O) groups is 11. The Morgan fingerprint density at radius 2 is 0.780 bits per heavy atom. The van der Waals surface area contributed by atoms with Crippen molar-refractivity contribution in [2.75, 3.05) is 48.7 Å². The molecule has 0 spiro atoms. The molecule has 3 heterocycles. The summed E-state index contributed by atoms with van der Waals surface area (Å²) < 4.78 is 116. The van der Waals surface area contributed by atoms with Crippen molar-refractivity contribution < 1.29 is 147 Å². The average Bonchev–Trinajstić information content (AvgIpc) is 1.77. The van der Waals surface area contributed by atoms with Crippen molar-refractivity contribution in [1.82, 2.24) is 26.6 Å². The Morgan fingerprint density at radius 1 is 0.394 bits per heavy atom. The lowest BCUT2D eigenvalue weighted by Crippen LogP contribution is -2.70. The molecule has 584 valence electrons. The van der Waals surface area contributed by atoms with Crippen LogP contribution in [0.1, 0.15) is 40.7 Å². The number of ether oxygens (including phenoxy) is 20. The fourth-order valence-electron chi connectivity index (χ4n) is 12.1. The standard InChI is InChI=1S/C73H81N5O31/c1-90-69(85)100-41-52-53(58-54(78-68(84)99-40-46-29-19-10-20-30-46)60(109-73(89)94-5)57(107-71(87)92-3)51(102-58)34-74-64(80)95-36-42-21-11-6-12-22-42)59(108-72(88)93-4)63(103-52)105-61-55(104-62-48(32-31-47(35-79)101-62)75-65(81)96-37-43-23-13-7-14-24-43)49(76-66(82)97-38-44-25-15-8-16-26-44)33-50(56(61)106-70(86)91-2)77-67(83)98-39-45-27-17-9-18-28-45/h6-31,35,48-63H,32-34,36-41H2,1-5H3,(H,74,80)(H,75,81)(H,76,82)(H,77,83)(H,78,84)/t48-,49+,50-,51+,52-,53+,54+,55-,56+,57-,58-,59-,60-,61+,62-,63+/m1/s1. The second kappa shape index (κ2) is 41.1. The Labute approximate surface area is 622 Å². The molecule has 2 saturated heterocycles. The highest BCUT2D eigenvalue weighted by Crippen LogP contribution is 2.43. The van der Waals surface area contributed by atoms with Crippen molar-refractivity contribution in [3.63, 3.8) is 0 Å². The van der Waals surface area contributed by atoms with Crippen molar-refractivity contribution in [3.05, 3.63) is 191 Å². The molecule has 5 aromatic carbocycles. The molecule has 36 nitrogen and oxygen atoms in total. The SMILES string of the molecule is COC(=O)OC[C@H]1O[C@@H](O[C@@H]2[C@@H](OC(=O)OC)[C@H](NC(=O)OCc3ccccc3)C[C@H](NC(=O)OCc3ccccc3)[C@H]2O[C@H]2OC(C=O)=CC[C@H]2NC(=O)OCc2ccccc2)[C@H](OC(=O)OC)[C@@H]1[C@H]1O[C@@H](CNC(=O)OCc2ccccc2)[C@@H](OC(=O)OC)[C@H](OC(=O)OC)[C@H]1NC(=O)OCc1ccccc1. The minimum atomic E-state index is -2.29. The maximum atomic E-state index is 14.6. The summed E-state index contributed by atoms with van der Waals surface area (Å²) in [4.78, 5) is 152. The maximum absolute atomic E-state index is 14.6. The molecule has 5 amide bonds. The molecule has 0 aromatic heterocycles. The number of nitrogens with one attached hydrogen (secondary N) is 5. The van der Waals surface area contributed by atoms with Gasteiger partial charge in [0.1, 0.15) is 64.1 Å². The van der Waals surface area contributed by atoms with Crippen molar-refractivity contribution in [3.8, 4) is 0 Å². The molecule has 109 heavy (non-hydrogen) atoms. The van der Waals surface area contributed by atoms with E-state index in [4.69, 9.17) is 94.7 Å². The Bertz CT molecular complexity index is 3850. The maximum Gasteiger partial charge on any atom is 0.508 e.